The lowest BCUT2D eigenvalue weighted by Crippen LogP contribution is -2.42. The number of hydrogen-bond acceptors (Lipinski definition) is 3. The number of halogens is 1. The molecule has 2 aromatic carbocycles. The standard InChI is InChI=1S/C20H22INO3/c1-2-24-18-9-5-6-10-19(18)25-15-11-13-22(14-12-15)20(23)16-7-3-4-8-17(16)21/h3-10,15H,2,11-14H2,1H3. The molecule has 0 aliphatic carbocycles. The van der Waals surface area contributed by atoms with E-state index < -0.39 is 0 Å². The smallest absolute Gasteiger partial charge is 0.254 e. The highest BCUT2D eigenvalue weighted by Crippen LogP contribution is 2.29. The number of hydrogen-bond donors (Lipinski definition) is 0. The van der Waals surface area contributed by atoms with Crippen LogP contribution in [0.3, 0.4) is 0 Å². The van der Waals surface area contributed by atoms with Crippen LogP contribution in [0.4, 0.5) is 0 Å². The van der Waals surface area contributed by atoms with Crippen LogP contribution in [-0.4, -0.2) is 36.6 Å². The molecule has 0 spiro atoms. The fourth-order valence-electron chi connectivity index (χ4n) is 2.98. The first-order valence-corrected chi connectivity index (χ1v) is 9.69. The molecule has 0 aromatic heterocycles. The van der Waals surface area contributed by atoms with Crippen LogP contribution in [0, 0.1) is 3.57 Å². The Morgan fingerprint density at radius 2 is 1.72 bits per heavy atom. The monoisotopic (exact) mass is 451 g/mol. The number of piperidine rings is 1. The summed E-state index contributed by atoms with van der Waals surface area (Å²) in [5, 5.41) is 0. The normalized spacial score (nSPS) is 15.0. The van der Waals surface area contributed by atoms with Gasteiger partial charge in [-0.25, -0.2) is 0 Å². The fraction of sp³-hybridized carbons (Fsp3) is 0.350. The largest absolute Gasteiger partial charge is 0.490 e. The summed E-state index contributed by atoms with van der Waals surface area (Å²) in [7, 11) is 0. The van der Waals surface area contributed by atoms with E-state index in [4.69, 9.17) is 9.47 Å². The number of amides is 1. The maximum atomic E-state index is 12.7. The molecular formula is C20H22INO3. The number of rotatable bonds is 5. The van der Waals surface area contributed by atoms with Crippen molar-refractivity contribution in [2.45, 2.75) is 25.9 Å². The van der Waals surface area contributed by atoms with Crippen molar-refractivity contribution in [1.82, 2.24) is 4.90 Å². The molecule has 1 fully saturated rings. The lowest BCUT2D eigenvalue weighted by Gasteiger charge is -2.32. The molecule has 3 rings (SSSR count). The molecule has 1 saturated heterocycles. The first-order chi connectivity index (χ1) is 12.2. The van der Waals surface area contributed by atoms with Gasteiger partial charge in [0.25, 0.3) is 5.91 Å². The molecule has 25 heavy (non-hydrogen) atoms. The molecule has 0 saturated carbocycles. The Labute approximate surface area is 162 Å². The molecule has 1 amide bonds. The number of para-hydroxylation sites is 2. The minimum Gasteiger partial charge on any atom is -0.490 e. The van der Waals surface area contributed by atoms with Gasteiger partial charge in [-0.15, -0.1) is 0 Å². The predicted octanol–water partition coefficient (Wildman–Crippen LogP) is 4.37. The van der Waals surface area contributed by atoms with Crippen LogP contribution in [0.1, 0.15) is 30.1 Å². The topological polar surface area (TPSA) is 38.8 Å². The molecule has 0 N–H and O–H groups in total. The van der Waals surface area contributed by atoms with Gasteiger partial charge in [-0.05, 0) is 53.8 Å². The lowest BCUT2D eigenvalue weighted by molar-refractivity contribution is 0.0588. The number of carbonyl (C=O) groups is 1. The molecule has 2 aromatic rings. The second-order valence-corrected chi connectivity index (χ2v) is 7.13. The number of benzene rings is 2. The first kappa shape index (κ1) is 18.0. The van der Waals surface area contributed by atoms with E-state index in [2.05, 4.69) is 22.6 Å². The van der Waals surface area contributed by atoms with Gasteiger partial charge in [-0.1, -0.05) is 24.3 Å². The van der Waals surface area contributed by atoms with Crippen LogP contribution in [-0.2, 0) is 0 Å². The van der Waals surface area contributed by atoms with Gasteiger partial charge in [0.15, 0.2) is 11.5 Å². The van der Waals surface area contributed by atoms with Crippen LogP contribution < -0.4 is 9.47 Å². The van der Waals surface area contributed by atoms with Crippen LogP contribution >= 0.6 is 22.6 Å². The van der Waals surface area contributed by atoms with Gasteiger partial charge in [0.05, 0.1) is 12.2 Å². The van der Waals surface area contributed by atoms with Crippen LogP contribution in [0.2, 0.25) is 0 Å². The van der Waals surface area contributed by atoms with E-state index in [1.54, 1.807) is 0 Å². The summed E-state index contributed by atoms with van der Waals surface area (Å²) in [4.78, 5) is 14.6. The van der Waals surface area contributed by atoms with Crippen LogP contribution in [0.15, 0.2) is 48.5 Å². The third-order valence-electron chi connectivity index (χ3n) is 4.28. The van der Waals surface area contributed by atoms with Gasteiger partial charge in [-0.3, -0.25) is 4.79 Å². The summed E-state index contributed by atoms with van der Waals surface area (Å²) in [6.07, 6.45) is 1.77. The molecule has 0 atom stereocenters. The van der Waals surface area contributed by atoms with E-state index in [0.29, 0.717) is 19.7 Å². The second kappa shape index (κ2) is 8.56. The van der Waals surface area contributed by atoms with Crippen molar-refractivity contribution in [3.63, 3.8) is 0 Å². The first-order valence-electron chi connectivity index (χ1n) is 8.61. The van der Waals surface area contributed by atoms with Crippen LogP contribution in [0.25, 0.3) is 0 Å². The zero-order chi connectivity index (χ0) is 17.6. The lowest BCUT2D eigenvalue weighted by atomic mass is 10.1. The molecular weight excluding hydrogens is 429 g/mol. The number of carbonyl (C=O) groups excluding carboxylic acids is 1. The summed E-state index contributed by atoms with van der Waals surface area (Å²) in [5.41, 5.74) is 0.782. The third-order valence-corrected chi connectivity index (χ3v) is 5.22. The molecule has 1 heterocycles. The SMILES string of the molecule is CCOc1ccccc1OC1CCN(C(=O)c2ccccc2I)CC1. The summed E-state index contributed by atoms with van der Waals surface area (Å²) in [6, 6.07) is 15.5. The van der Waals surface area contributed by atoms with E-state index in [9.17, 15) is 4.79 Å². The molecule has 0 bridgehead atoms. The molecule has 5 heteroatoms. The van der Waals surface area contributed by atoms with Crippen molar-refractivity contribution in [3.8, 4) is 11.5 Å². The average Bonchev–Trinajstić information content (AvgIpc) is 2.64. The Morgan fingerprint density at radius 1 is 1.08 bits per heavy atom. The Bertz CT molecular complexity index is 726. The average molecular weight is 451 g/mol. The minimum absolute atomic E-state index is 0.109. The number of ether oxygens (including phenoxy) is 2. The minimum atomic E-state index is 0.109. The van der Waals surface area contributed by atoms with Crippen LogP contribution in [0.5, 0.6) is 11.5 Å². The van der Waals surface area contributed by atoms with Crippen molar-refractivity contribution in [2.75, 3.05) is 19.7 Å². The van der Waals surface area contributed by atoms with E-state index in [-0.39, 0.29) is 12.0 Å². The number of likely N-dealkylation sites (tertiary alicyclic amines) is 1. The van der Waals surface area contributed by atoms with E-state index in [1.165, 1.54) is 0 Å². The van der Waals surface area contributed by atoms with E-state index in [1.807, 2.05) is 60.4 Å². The maximum absolute atomic E-state index is 12.7. The Hall–Kier alpha value is -1.76. The van der Waals surface area contributed by atoms with Gasteiger partial charge < -0.3 is 14.4 Å². The van der Waals surface area contributed by atoms with E-state index >= 15 is 0 Å². The Morgan fingerprint density at radius 3 is 2.40 bits per heavy atom. The van der Waals surface area contributed by atoms with Gasteiger partial charge in [-0.2, -0.15) is 0 Å². The molecule has 0 unspecified atom stereocenters. The van der Waals surface area contributed by atoms with Crippen molar-refractivity contribution in [1.29, 1.82) is 0 Å². The third kappa shape index (κ3) is 4.45. The van der Waals surface area contributed by atoms with Crippen molar-refractivity contribution < 1.29 is 14.3 Å². The zero-order valence-electron chi connectivity index (χ0n) is 14.3. The zero-order valence-corrected chi connectivity index (χ0v) is 16.4. The Kier molecular flexibility index (Phi) is 6.18. The highest BCUT2D eigenvalue weighted by Gasteiger charge is 2.26. The summed E-state index contributed by atoms with van der Waals surface area (Å²) >= 11 is 2.22. The fourth-order valence-corrected chi connectivity index (χ4v) is 3.60. The van der Waals surface area contributed by atoms with Crippen molar-refractivity contribution in [3.05, 3.63) is 57.7 Å². The molecule has 0 radical (unpaired) electrons. The predicted molar refractivity (Wildman–Crippen MR) is 106 cm³/mol. The quantitative estimate of drug-likeness (QED) is 0.634. The van der Waals surface area contributed by atoms with Gasteiger partial charge in [0.1, 0.15) is 6.10 Å². The van der Waals surface area contributed by atoms with E-state index in [0.717, 1.165) is 33.5 Å². The van der Waals surface area contributed by atoms with Crippen molar-refractivity contribution in [2.24, 2.45) is 0 Å². The number of nitrogens with zero attached hydrogens (tertiary/aromatic N) is 1. The van der Waals surface area contributed by atoms with Gasteiger partial charge in [0, 0.05) is 29.5 Å². The van der Waals surface area contributed by atoms with Gasteiger partial charge >= 0.3 is 0 Å². The second-order valence-electron chi connectivity index (χ2n) is 5.97. The maximum Gasteiger partial charge on any atom is 0.254 e. The van der Waals surface area contributed by atoms with Crippen molar-refractivity contribution >= 4 is 28.5 Å². The molecule has 4 nitrogen and oxygen atoms in total. The highest BCUT2D eigenvalue weighted by atomic mass is 127. The summed E-state index contributed by atoms with van der Waals surface area (Å²) < 4.78 is 12.7. The molecule has 1 aliphatic heterocycles. The highest BCUT2D eigenvalue weighted by molar-refractivity contribution is 14.1. The summed E-state index contributed by atoms with van der Waals surface area (Å²) in [5.74, 6) is 1.67. The van der Waals surface area contributed by atoms with Gasteiger partial charge in [0.2, 0.25) is 0 Å². The molecule has 132 valence electrons. The molecule has 1 aliphatic rings. The summed E-state index contributed by atoms with van der Waals surface area (Å²) in [6.45, 7) is 4.01. The Balaban J connectivity index is 1.59.